The van der Waals surface area contributed by atoms with Crippen LogP contribution in [-0.4, -0.2) is 62.4 Å². The number of morpholine rings is 1. The lowest BCUT2D eigenvalue weighted by molar-refractivity contribution is 0.0232. The number of nitrogens with zero attached hydrogens (tertiary/aromatic N) is 2. The second kappa shape index (κ2) is 7.67. The van der Waals surface area contributed by atoms with Crippen molar-refractivity contribution < 1.29 is 17.3 Å². The van der Waals surface area contributed by atoms with E-state index in [1.807, 2.05) is 11.0 Å². The summed E-state index contributed by atoms with van der Waals surface area (Å²) in [6.07, 6.45) is 0.545. The van der Waals surface area contributed by atoms with Crippen LogP contribution in [0.5, 0.6) is 5.75 Å². The average molecular weight is 432 g/mol. The van der Waals surface area contributed by atoms with Crippen LogP contribution in [0.15, 0.2) is 18.2 Å². The van der Waals surface area contributed by atoms with Crippen LogP contribution in [0.2, 0.25) is 0 Å². The first-order valence-electron chi connectivity index (χ1n) is 7.79. The van der Waals surface area contributed by atoms with Crippen LogP contribution in [0.3, 0.4) is 0 Å². The number of ether oxygens (including phenoxy) is 2. The molecule has 0 radical (unpaired) electrons. The highest BCUT2D eigenvalue weighted by Gasteiger charge is 2.33. The minimum Gasteiger partial charge on any atom is -0.497 e. The first-order chi connectivity index (χ1) is 11.2. The molecule has 7 heteroatoms. The molecule has 1 aromatic carbocycles. The Balaban J connectivity index is 1.87. The van der Waals surface area contributed by atoms with E-state index in [1.165, 1.54) is 11.1 Å². The highest BCUT2D eigenvalue weighted by Crippen LogP contribution is 2.33. The normalized spacial score (nSPS) is 21.7. The highest BCUT2D eigenvalue weighted by atomic mass is 127. The highest BCUT2D eigenvalue weighted by molar-refractivity contribution is 14.1. The first-order valence-corrected chi connectivity index (χ1v) is 8.67. The monoisotopic (exact) mass is 432 g/mol. The van der Waals surface area contributed by atoms with Gasteiger partial charge in [-0.25, -0.2) is 4.79 Å². The smallest absolute Gasteiger partial charge is 0.419 e. The Labute approximate surface area is 150 Å². The maximum Gasteiger partial charge on any atom is 0.419 e. The van der Waals surface area contributed by atoms with Gasteiger partial charge in [0.25, 0.3) is 0 Å². The van der Waals surface area contributed by atoms with Gasteiger partial charge in [-0.2, -0.15) is 0 Å². The molecule has 3 rings (SSSR count). The Morgan fingerprint density at radius 2 is 2.13 bits per heavy atom. The van der Waals surface area contributed by atoms with E-state index >= 15 is 0 Å². The van der Waals surface area contributed by atoms with Crippen molar-refractivity contribution in [1.82, 2.24) is 9.80 Å². The minimum absolute atomic E-state index is 0.00465. The van der Waals surface area contributed by atoms with Gasteiger partial charge in [0.2, 0.25) is 0 Å². The fourth-order valence-corrected chi connectivity index (χ4v) is 3.56. The molecule has 126 valence electrons. The molecule has 1 unspecified atom stereocenters. The van der Waals surface area contributed by atoms with Crippen molar-refractivity contribution in [1.29, 1.82) is 0 Å². The largest absolute Gasteiger partial charge is 0.497 e. The summed E-state index contributed by atoms with van der Waals surface area (Å²) in [4.78, 5) is 16.4. The van der Waals surface area contributed by atoms with Gasteiger partial charge in [0.1, 0.15) is 5.75 Å². The van der Waals surface area contributed by atoms with Crippen LogP contribution in [0.4, 0.5) is 4.79 Å². The lowest BCUT2D eigenvalue weighted by atomic mass is 9.92. The van der Waals surface area contributed by atoms with Crippen LogP contribution in [0.1, 0.15) is 17.2 Å². The van der Waals surface area contributed by atoms with Crippen molar-refractivity contribution >= 4 is 29.1 Å². The number of hydrogen-bond acceptors (Lipinski definition) is 5. The fraction of sp³-hybridized carbons (Fsp3) is 0.562. The summed E-state index contributed by atoms with van der Waals surface area (Å²) in [6, 6.07) is 6.12. The Morgan fingerprint density at radius 3 is 2.83 bits per heavy atom. The lowest BCUT2D eigenvalue weighted by Gasteiger charge is -2.39. The van der Waals surface area contributed by atoms with Crippen molar-refractivity contribution in [2.24, 2.45) is 0 Å². The number of methoxy groups -OCH3 is 1. The fourth-order valence-electron chi connectivity index (χ4n) is 3.30. The van der Waals surface area contributed by atoms with Gasteiger partial charge in [-0.3, -0.25) is 9.80 Å². The minimum atomic E-state index is -0.273. The molecule has 2 heterocycles. The molecule has 1 saturated heterocycles. The maximum atomic E-state index is 12.2. The third-order valence-corrected chi connectivity index (χ3v) is 4.92. The van der Waals surface area contributed by atoms with Crippen LogP contribution >= 0.6 is 23.0 Å². The van der Waals surface area contributed by atoms with E-state index in [-0.39, 0.29) is 12.1 Å². The van der Waals surface area contributed by atoms with Gasteiger partial charge in [-0.1, -0.05) is 6.07 Å². The molecule has 1 atom stereocenters. The number of carbonyl (C=O) groups excluding carboxylic acids is 1. The van der Waals surface area contributed by atoms with Crippen LogP contribution in [0.25, 0.3) is 0 Å². The summed E-state index contributed by atoms with van der Waals surface area (Å²) in [5.74, 6) is 0.860. The van der Waals surface area contributed by atoms with Crippen molar-refractivity contribution in [3.8, 4) is 5.75 Å². The zero-order chi connectivity index (χ0) is 16.2. The average Bonchev–Trinajstić information content (AvgIpc) is 2.61. The zero-order valence-corrected chi connectivity index (χ0v) is 15.3. The molecule has 0 aliphatic carbocycles. The molecule has 0 aromatic heterocycles. The summed E-state index contributed by atoms with van der Waals surface area (Å²) in [7, 11) is 1.68. The number of halogens is 1. The van der Waals surface area contributed by atoms with Crippen molar-refractivity contribution in [2.75, 3.05) is 46.5 Å². The summed E-state index contributed by atoms with van der Waals surface area (Å²) >= 11 is 1.66. The summed E-state index contributed by atoms with van der Waals surface area (Å²) < 4.78 is 15.7. The maximum absolute atomic E-state index is 12.2. The van der Waals surface area contributed by atoms with Gasteiger partial charge in [-0.05, 0) is 29.7 Å². The summed E-state index contributed by atoms with van der Waals surface area (Å²) in [5.41, 5.74) is 2.44. The van der Waals surface area contributed by atoms with Crippen molar-refractivity contribution in [3.05, 3.63) is 29.3 Å². The molecule has 0 saturated carbocycles. The molecule has 0 N–H and O–H groups in total. The molecule has 0 spiro atoms. The van der Waals surface area contributed by atoms with Gasteiger partial charge < -0.3 is 12.5 Å². The molecule has 23 heavy (non-hydrogen) atoms. The molecule has 1 amide bonds. The summed E-state index contributed by atoms with van der Waals surface area (Å²) in [5, 5.41) is 0. The summed E-state index contributed by atoms with van der Waals surface area (Å²) in [6.45, 7) is 4.76. The SMILES string of the molecule is COc1ccc2c(c1)CCN(C(=O)OI)C2CN1CCOCC1. The third-order valence-electron chi connectivity index (χ3n) is 4.54. The molecular formula is C16H21IN2O4. The predicted molar refractivity (Wildman–Crippen MR) is 93.9 cm³/mol. The number of amides is 1. The van der Waals surface area contributed by atoms with Crippen LogP contribution < -0.4 is 4.74 Å². The topological polar surface area (TPSA) is 51.2 Å². The van der Waals surface area contributed by atoms with E-state index in [2.05, 4.69) is 17.0 Å². The van der Waals surface area contributed by atoms with Crippen LogP contribution in [-0.2, 0) is 14.2 Å². The van der Waals surface area contributed by atoms with Gasteiger partial charge in [0, 0.05) is 26.2 Å². The number of rotatable bonds is 3. The van der Waals surface area contributed by atoms with Crippen molar-refractivity contribution in [2.45, 2.75) is 12.5 Å². The Morgan fingerprint density at radius 1 is 1.35 bits per heavy atom. The molecule has 2 aliphatic rings. The van der Waals surface area contributed by atoms with Gasteiger partial charge in [-0.15, -0.1) is 0 Å². The number of carbonyl (C=O) groups is 1. The lowest BCUT2D eigenvalue weighted by Crippen LogP contribution is -2.47. The second-order valence-corrected chi connectivity index (χ2v) is 6.22. The van der Waals surface area contributed by atoms with E-state index in [4.69, 9.17) is 12.5 Å². The van der Waals surface area contributed by atoms with Gasteiger partial charge in [0.15, 0.2) is 23.0 Å². The molecule has 6 nitrogen and oxygen atoms in total. The quantitative estimate of drug-likeness (QED) is 0.687. The van der Waals surface area contributed by atoms with E-state index in [0.29, 0.717) is 6.54 Å². The molecule has 0 bridgehead atoms. The Kier molecular flexibility index (Phi) is 5.60. The molecular weight excluding hydrogens is 411 g/mol. The number of fused-ring (bicyclic) bond motifs is 1. The zero-order valence-electron chi connectivity index (χ0n) is 13.2. The molecule has 2 aliphatic heterocycles. The predicted octanol–water partition coefficient (Wildman–Crippen LogP) is 2.41. The van der Waals surface area contributed by atoms with E-state index in [0.717, 1.165) is 45.0 Å². The standard InChI is InChI=1S/C16H21IN2O4/c1-21-13-2-3-14-12(10-13)4-5-19(16(20)23-17)15(14)11-18-6-8-22-9-7-18/h2-3,10,15H,4-9,11H2,1H3. The van der Waals surface area contributed by atoms with E-state index in [9.17, 15) is 4.79 Å². The van der Waals surface area contributed by atoms with Crippen molar-refractivity contribution in [3.63, 3.8) is 0 Å². The van der Waals surface area contributed by atoms with E-state index in [1.54, 1.807) is 30.1 Å². The van der Waals surface area contributed by atoms with Gasteiger partial charge in [0.05, 0.1) is 26.4 Å². The van der Waals surface area contributed by atoms with Crippen LogP contribution in [0, 0.1) is 0 Å². The van der Waals surface area contributed by atoms with Gasteiger partial charge >= 0.3 is 6.09 Å². The Bertz CT molecular complexity index is 563. The number of benzene rings is 1. The molecule has 1 fully saturated rings. The number of hydrogen-bond donors (Lipinski definition) is 0. The third kappa shape index (κ3) is 3.72. The first kappa shape index (κ1) is 16.8. The molecule has 1 aromatic rings. The second-order valence-electron chi connectivity index (χ2n) is 5.78. The Hall–Kier alpha value is -1.06. The van der Waals surface area contributed by atoms with E-state index < -0.39 is 0 Å².